The Kier molecular flexibility index (Phi) is 8.38. The van der Waals surface area contributed by atoms with Gasteiger partial charge in [-0.25, -0.2) is 14.4 Å². The zero-order valence-corrected chi connectivity index (χ0v) is 17.2. The van der Waals surface area contributed by atoms with Crippen molar-refractivity contribution in [1.82, 2.24) is 4.90 Å². The average molecular weight is 438 g/mol. The summed E-state index contributed by atoms with van der Waals surface area (Å²) in [5.74, 6) is -2.78. The first-order valence-corrected chi connectivity index (χ1v) is 9.84. The van der Waals surface area contributed by atoms with Crippen LogP contribution in [0.25, 0.3) is 0 Å². The number of carbonyl (C=O) groups excluding carboxylic acids is 1. The molecule has 1 unspecified atom stereocenters. The highest BCUT2D eigenvalue weighted by Gasteiger charge is 2.32. The maximum absolute atomic E-state index is 12.3. The van der Waals surface area contributed by atoms with E-state index in [9.17, 15) is 14.4 Å². The predicted octanol–water partition coefficient (Wildman–Crippen LogP) is 3.39. The Balaban J connectivity index is 0.000000321. The van der Waals surface area contributed by atoms with E-state index in [1.54, 1.807) is 11.3 Å². The lowest BCUT2D eigenvalue weighted by Crippen LogP contribution is -2.38. The first kappa shape index (κ1) is 22.6. The molecule has 3 rings (SSSR count). The number of fused-ring (bicyclic) bond motifs is 1. The summed E-state index contributed by atoms with van der Waals surface area (Å²) in [5, 5.41) is 18.3. The van der Waals surface area contributed by atoms with Crippen LogP contribution in [0.3, 0.4) is 0 Å². The lowest BCUT2D eigenvalue weighted by molar-refractivity contribution is -0.147. The Labute approximate surface area is 176 Å². The number of esters is 1. The van der Waals surface area contributed by atoms with Gasteiger partial charge in [0.2, 0.25) is 0 Å². The van der Waals surface area contributed by atoms with E-state index in [1.165, 1.54) is 17.6 Å². The van der Waals surface area contributed by atoms with Crippen molar-refractivity contribution in [2.75, 3.05) is 13.7 Å². The van der Waals surface area contributed by atoms with Gasteiger partial charge >= 0.3 is 17.9 Å². The molecule has 1 aliphatic rings. The number of carboxylic acid groups (broad SMARTS) is 2. The van der Waals surface area contributed by atoms with E-state index >= 15 is 0 Å². The number of hydrogen-bond acceptors (Lipinski definition) is 6. The third-order valence-electron chi connectivity index (χ3n) is 4.20. The number of rotatable bonds is 5. The molecule has 0 saturated heterocycles. The molecule has 2 N–H and O–H groups in total. The number of nitrogens with zero attached hydrogens (tertiary/aromatic N) is 1. The van der Waals surface area contributed by atoms with Crippen molar-refractivity contribution in [2.24, 2.45) is 0 Å². The number of carbonyl (C=O) groups is 3. The fourth-order valence-electron chi connectivity index (χ4n) is 2.91. The number of benzene rings is 1. The van der Waals surface area contributed by atoms with Crippen molar-refractivity contribution in [2.45, 2.75) is 19.0 Å². The van der Waals surface area contributed by atoms with E-state index in [-0.39, 0.29) is 5.97 Å². The van der Waals surface area contributed by atoms with Crippen LogP contribution in [-0.2, 0) is 32.1 Å². The van der Waals surface area contributed by atoms with Crippen molar-refractivity contribution in [3.63, 3.8) is 0 Å². The van der Waals surface area contributed by atoms with Crippen molar-refractivity contribution >= 4 is 40.8 Å². The fourth-order valence-corrected chi connectivity index (χ4v) is 4.04. The molecule has 0 radical (unpaired) electrons. The van der Waals surface area contributed by atoms with Crippen LogP contribution < -0.4 is 0 Å². The van der Waals surface area contributed by atoms with Gasteiger partial charge in [-0.2, -0.15) is 0 Å². The Hall–Kier alpha value is -2.68. The average Bonchev–Trinajstić information content (AvgIpc) is 3.16. The minimum absolute atomic E-state index is 0.262. The maximum atomic E-state index is 12.3. The van der Waals surface area contributed by atoms with Gasteiger partial charge in [-0.1, -0.05) is 29.8 Å². The molecule has 1 atom stereocenters. The standard InChI is InChI=1S/C16H16ClNO2S.C4H4O4/c1-20-16(19)15(12-4-2-3-5-13(12)17)18-8-6-14-11(10-18)7-9-21-14;5-3(6)1-2-4(7)8/h2-5,7,9,15H,6,8,10H2,1H3;1-2H,(H,5,6)(H,7,8)/b;2-1-. The number of ether oxygens (including phenoxy) is 1. The van der Waals surface area contributed by atoms with Gasteiger partial charge in [-0.15, -0.1) is 11.3 Å². The lowest BCUT2D eigenvalue weighted by atomic mass is 10.0. The van der Waals surface area contributed by atoms with E-state index in [0.29, 0.717) is 17.2 Å². The first-order chi connectivity index (χ1) is 13.8. The molecule has 2 heterocycles. The third-order valence-corrected chi connectivity index (χ3v) is 5.56. The number of hydrogen-bond donors (Lipinski definition) is 2. The van der Waals surface area contributed by atoms with Crippen LogP contribution in [0.4, 0.5) is 0 Å². The molecule has 1 aromatic carbocycles. The summed E-state index contributed by atoms with van der Waals surface area (Å²) in [7, 11) is 1.42. The first-order valence-electron chi connectivity index (χ1n) is 8.59. The molecule has 7 nitrogen and oxygen atoms in total. The Morgan fingerprint density at radius 2 is 1.83 bits per heavy atom. The molecule has 0 aliphatic carbocycles. The zero-order chi connectivity index (χ0) is 21.4. The number of methoxy groups -OCH3 is 1. The van der Waals surface area contributed by atoms with E-state index in [2.05, 4.69) is 16.3 Å². The third kappa shape index (κ3) is 6.42. The summed E-state index contributed by atoms with van der Waals surface area (Å²) in [6, 6.07) is 9.16. The van der Waals surface area contributed by atoms with E-state index in [1.807, 2.05) is 24.3 Å². The molecule has 1 aromatic heterocycles. The van der Waals surface area contributed by atoms with E-state index in [4.69, 9.17) is 26.6 Å². The molecule has 0 saturated carbocycles. The van der Waals surface area contributed by atoms with Gasteiger partial charge < -0.3 is 14.9 Å². The molecule has 0 spiro atoms. The summed E-state index contributed by atoms with van der Waals surface area (Å²) < 4.78 is 5.01. The summed E-state index contributed by atoms with van der Waals surface area (Å²) in [5.41, 5.74) is 2.11. The smallest absolute Gasteiger partial charge is 0.328 e. The number of halogens is 1. The minimum Gasteiger partial charge on any atom is -0.478 e. The normalized spacial score (nSPS) is 14.4. The summed E-state index contributed by atoms with van der Waals surface area (Å²) >= 11 is 8.07. The largest absolute Gasteiger partial charge is 0.478 e. The van der Waals surface area contributed by atoms with Gasteiger partial charge in [0.1, 0.15) is 6.04 Å². The molecule has 9 heteroatoms. The van der Waals surface area contributed by atoms with Gasteiger partial charge in [0, 0.05) is 35.1 Å². The molecular weight excluding hydrogens is 418 g/mol. The van der Waals surface area contributed by atoms with Crippen LogP contribution in [0.2, 0.25) is 5.02 Å². The second-order valence-corrected chi connectivity index (χ2v) is 7.45. The maximum Gasteiger partial charge on any atom is 0.328 e. The number of thiophene rings is 1. The Morgan fingerprint density at radius 1 is 1.17 bits per heavy atom. The van der Waals surface area contributed by atoms with Gasteiger partial charge in [0.25, 0.3) is 0 Å². The van der Waals surface area contributed by atoms with Crippen molar-refractivity contribution in [1.29, 1.82) is 0 Å². The molecule has 0 bridgehead atoms. The number of aliphatic carboxylic acids is 2. The Morgan fingerprint density at radius 3 is 2.41 bits per heavy atom. The quantitative estimate of drug-likeness (QED) is 0.545. The highest BCUT2D eigenvalue weighted by Crippen LogP contribution is 2.33. The van der Waals surface area contributed by atoms with E-state index in [0.717, 1.165) is 25.1 Å². The monoisotopic (exact) mass is 437 g/mol. The van der Waals surface area contributed by atoms with Gasteiger partial charge in [-0.3, -0.25) is 4.90 Å². The molecule has 0 fully saturated rings. The van der Waals surface area contributed by atoms with Gasteiger partial charge in [-0.05, 0) is 35.1 Å². The molecule has 1 aliphatic heterocycles. The van der Waals surface area contributed by atoms with E-state index < -0.39 is 18.0 Å². The topological polar surface area (TPSA) is 104 Å². The highest BCUT2D eigenvalue weighted by molar-refractivity contribution is 7.10. The fraction of sp³-hybridized carbons (Fsp3) is 0.250. The van der Waals surface area contributed by atoms with Crippen LogP contribution in [0.5, 0.6) is 0 Å². The van der Waals surface area contributed by atoms with Gasteiger partial charge in [0.05, 0.1) is 7.11 Å². The summed E-state index contributed by atoms with van der Waals surface area (Å²) in [4.78, 5) is 35.0. The van der Waals surface area contributed by atoms with Crippen LogP contribution in [0, 0.1) is 0 Å². The van der Waals surface area contributed by atoms with Crippen LogP contribution in [0.15, 0.2) is 47.9 Å². The molecule has 2 aromatic rings. The molecule has 29 heavy (non-hydrogen) atoms. The lowest BCUT2D eigenvalue weighted by Gasteiger charge is -2.33. The second-order valence-electron chi connectivity index (χ2n) is 6.05. The zero-order valence-electron chi connectivity index (χ0n) is 15.6. The second kappa shape index (κ2) is 10.8. The van der Waals surface area contributed by atoms with Gasteiger partial charge in [0.15, 0.2) is 0 Å². The Bertz CT molecular complexity index is 894. The van der Waals surface area contributed by atoms with Crippen molar-refractivity contribution in [3.8, 4) is 0 Å². The summed E-state index contributed by atoms with van der Waals surface area (Å²) in [6.45, 7) is 1.59. The van der Waals surface area contributed by atoms with Crippen molar-refractivity contribution in [3.05, 3.63) is 68.9 Å². The summed E-state index contributed by atoms with van der Waals surface area (Å²) in [6.07, 6.45) is 2.08. The minimum atomic E-state index is -1.26. The van der Waals surface area contributed by atoms with Crippen LogP contribution in [0.1, 0.15) is 22.0 Å². The SMILES string of the molecule is COC(=O)C(c1ccccc1Cl)N1CCc2sccc2C1.O=C(O)/C=C\C(=O)O. The predicted molar refractivity (Wildman–Crippen MR) is 109 cm³/mol. The molecule has 154 valence electrons. The van der Waals surface area contributed by atoms with Crippen LogP contribution >= 0.6 is 22.9 Å². The van der Waals surface area contributed by atoms with Crippen molar-refractivity contribution < 1.29 is 29.3 Å². The molecular formula is C20H20ClNO6S. The number of carboxylic acids is 2. The molecule has 0 amide bonds. The highest BCUT2D eigenvalue weighted by atomic mass is 35.5. The van der Waals surface area contributed by atoms with Crippen LogP contribution in [-0.4, -0.2) is 46.7 Å².